The standard InChI is InChI=1S/C9H14N2S2/c1-13-8-10-7(12)9(11-8)5-3-2-4-6-9/h2-6H2,1H3,(H,10,11,12). The second kappa shape index (κ2) is 3.58. The van der Waals surface area contributed by atoms with Gasteiger partial charge in [0.05, 0.1) is 0 Å². The number of hydrogen-bond donors (Lipinski definition) is 1. The highest BCUT2D eigenvalue weighted by Gasteiger charge is 2.40. The second-order valence-corrected chi connectivity index (χ2v) is 4.87. The van der Waals surface area contributed by atoms with Crippen LogP contribution in [0.3, 0.4) is 0 Å². The molecule has 2 aliphatic rings. The molecule has 0 aromatic carbocycles. The van der Waals surface area contributed by atoms with Gasteiger partial charge in [-0.05, 0) is 19.1 Å². The van der Waals surface area contributed by atoms with Crippen molar-refractivity contribution in [1.29, 1.82) is 0 Å². The first-order valence-electron chi connectivity index (χ1n) is 4.72. The lowest BCUT2D eigenvalue weighted by molar-refractivity contribution is 0.390. The fraction of sp³-hybridized carbons (Fsp3) is 0.778. The number of thiocarbonyl (C=S) groups is 1. The summed E-state index contributed by atoms with van der Waals surface area (Å²) in [7, 11) is 0. The predicted molar refractivity (Wildman–Crippen MR) is 62.5 cm³/mol. The van der Waals surface area contributed by atoms with Gasteiger partial charge in [-0.25, -0.2) is 4.99 Å². The van der Waals surface area contributed by atoms with E-state index in [1.54, 1.807) is 11.8 Å². The minimum Gasteiger partial charge on any atom is -0.327 e. The maximum Gasteiger partial charge on any atom is 0.162 e. The predicted octanol–water partition coefficient (Wildman–Crippen LogP) is 2.34. The summed E-state index contributed by atoms with van der Waals surface area (Å²) in [6, 6.07) is 0. The minimum atomic E-state index is -0.00801. The Labute approximate surface area is 88.6 Å². The van der Waals surface area contributed by atoms with E-state index in [1.165, 1.54) is 19.3 Å². The van der Waals surface area contributed by atoms with Gasteiger partial charge < -0.3 is 5.32 Å². The molecule has 0 saturated heterocycles. The Hall–Kier alpha value is -0.0900. The summed E-state index contributed by atoms with van der Waals surface area (Å²) in [4.78, 5) is 5.66. The summed E-state index contributed by atoms with van der Waals surface area (Å²) in [6.45, 7) is 0. The van der Waals surface area contributed by atoms with Gasteiger partial charge in [-0.3, -0.25) is 0 Å². The van der Waals surface area contributed by atoms with Gasteiger partial charge in [-0.2, -0.15) is 0 Å². The van der Waals surface area contributed by atoms with Crippen LogP contribution in [-0.4, -0.2) is 22.0 Å². The monoisotopic (exact) mass is 214 g/mol. The Bertz CT molecular complexity index is 254. The summed E-state index contributed by atoms with van der Waals surface area (Å²) in [5, 5.41) is 4.21. The number of rotatable bonds is 0. The van der Waals surface area contributed by atoms with Gasteiger partial charge in [-0.1, -0.05) is 43.2 Å². The molecule has 1 fully saturated rings. The number of nitrogens with one attached hydrogen (secondary N) is 1. The third kappa shape index (κ3) is 1.62. The van der Waals surface area contributed by atoms with Crippen LogP contribution in [0.1, 0.15) is 32.1 Å². The molecule has 13 heavy (non-hydrogen) atoms. The van der Waals surface area contributed by atoms with Gasteiger partial charge in [-0.15, -0.1) is 0 Å². The molecule has 1 spiro atoms. The number of nitrogens with zero attached hydrogens (tertiary/aromatic N) is 1. The largest absolute Gasteiger partial charge is 0.327 e. The maximum absolute atomic E-state index is 5.36. The molecule has 1 heterocycles. The smallest absolute Gasteiger partial charge is 0.162 e. The summed E-state index contributed by atoms with van der Waals surface area (Å²) in [6.07, 6.45) is 8.20. The summed E-state index contributed by atoms with van der Waals surface area (Å²) in [5.41, 5.74) is -0.00801. The van der Waals surface area contributed by atoms with Crippen LogP contribution in [0.2, 0.25) is 0 Å². The van der Waals surface area contributed by atoms with Crippen molar-refractivity contribution >= 4 is 34.1 Å². The maximum atomic E-state index is 5.36. The van der Waals surface area contributed by atoms with Crippen LogP contribution in [0.25, 0.3) is 0 Å². The first-order chi connectivity index (χ1) is 6.27. The van der Waals surface area contributed by atoms with Gasteiger partial charge >= 0.3 is 0 Å². The molecule has 0 aromatic rings. The van der Waals surface area contributed by atoms with Crippen LogP contribution in [0, 0.1) is 0 Å². The molecule has 4 heteroatoms. The molecule has 1 aliphatic carbocycles. The van der Waals surface area contributed by atoms with Crippen LogP contribution in [0.5, 0.6) is 0 Å². The topological polar surface area (TPSA) is 24.4 Å². The van der Waals surface area contributed by atoms with E-state index in [0.717, 1.165) is 23.0 Å². The lowest BCUT2D eigenvalue weighted by atomic mass is 9.83. The van der Waals surface area contributed by atoms with Gasteiger partial charge in [0, 0.05) is 0 Å². The number of thioether (sulfide) groups is 1. The molecule has 0 radical (unpaired) electrons. The third-order valence-corrected chi connectivity index (χ3v) is 3.89. The molecule has 0 unspecified atom stereocenters. The fourth-order valence-corrected chi connectivity index (χ4v) is 2.94. The molecule has 2 rings (SSSR count). The van der Waals surface area contributed by atoms with E-state index < -0.39 is 0 Å². The zero-order chi connectivity index (χ0) is 9.31. The van der Waals surface area contributed by atoms with E-state index in [1.807, 2.05) is 6.26 Å². The SMILES string of the molecule is CSC1=NC2(CCCCC2)C(=S)N1. The Morgan fingerprint density at radius 3 is 2.62 bits per heavy atom. The molecule has 0 bridgehead atoms. The van der Waals surface area contributed by atoms with Crippen molar-refractivity contribution in [3.05, 3.63) is 0 Å². The van der Waals surface area contributed by atoms with Crippen LogP contribution >= 0.6 is 24.0 Å². The molecule has 0 aromatic heterocycles. The van der Waals surface area contributed by atoms with Crippen LogP contribution in [0.15, 0.2) is 4.99 Å². The Kier molecular flexibility index (Phi) is 2.60. The molecular formula is C9H14N2S2. The first kappa shape index (κ1) is 9.46. The van der Waals surface area contributed by atoms with E-state index in [2.05, 4.69) is 5.32 Å². The molecule has 1 saturated carbocycles. The van der Waals surface area contributed by atoms with Crippen LogP contribution < -0.4 is 5.32 Å². The van der Waals surface area contributed by atoms with Gasteiger partial charge in [0.1, 0.15) is 10.5 Å². The minimum absolute atomic E-state index is 0.00801. The fourth-order valence-electron chi connectivity index (χ4n) is 2.06. The van der Waals surface area contributed by atoms with Crippen molar-refractivity contribution in [2.24, 2.45) is 4.99 Å². The van der Waals surface area contributed by atoms with Gasteiger partial charge in [0.15, 0.2) is 5.17 Å². The molecule has 0 atom stereocenters. The molecule has 72 valence electrons. The third-order valence-electron chi connectivity index (χ3n) is 2.83. The highest BCUT2D eigenvalue weighted by molar-refractivity contribution is 8.13. The van der Waals surface area contributed by atoms with Crippen molar-refractivity contribution in [3.63, 3.8) is 0 Å². The Morgan fingerprint density at radius 1 is 1.38 bits per heavy atom. The van der Waals surface area contributed by atoms with E-state index in [4.69, 9.17) is 17.2 Å². The molecular weight excluding hydrogens is 200 g/mol. The van der Waals surface area contributed by atoms with Crippen molar-refractivity contribution in [2.75, 3.05) is 6.26 Å². The number of hydrogen-bond acceptors (Lipinski definition) is 3. The quantitative estimate of drug-likeness (QED) is 0.626. The molecule has 2 nitrogen and oxygen atoms in total. The van der Waals surface area contributed by atoms with Crippen molar-refractivity contribution in [1.82, 2.24) is 5.32 Å². The van der Waals surface area contributed by atoms with Gasteiger partial charge in [0.25, 0.3) is 0 Å². The average Bonchev–Trinajstić information content (AvgIpc) is 2.45. The van der Waals surface area contributed by atoms with Crippen LogP contribution in [0.4, 0.5) is 0 Å². The van der Waals surface area contributed by atoms with Gasteiger partial charge in [0.2, 0.25) is 0 Å². The van der Waals surface area contributed by atoms with E-state index in [-0.39, 0.29) is 5.54 Å². The summed E-state index contributed by atoms with van der Waals surface area (Å²) in [5.74, 6) is 0. The lowest BCUT2D eigenvalue weighted by Gasteiger charge is -2.29. The van der Waals surface area contributed by atoms with E-state index >= 15 is 0 Å². The average molecular weight is 214 g/mol. The highest BCUT2D eigenvalue weighted by atomic mass is 32.2. The van der Waals surface area contributed by atoms with Crippen molar-refractivity contribution < 1.29 is 0 Å². The lowest BCUT2D eigenvalue weighted by Crippen LogP contribution is -2.39. The summed E-state index contributed by atoms with van der Waals surface area (Å²) >= 11 is 7.01. The molecule has 1 N–H and O–H groups in total. The number of amidine groups is 1. The normalized spacial score (nSPS) is 25.9. The zero-order valence-electron chi connectivity index (χ0n) is 7.80. The van der Waals surface area contributed by atoms with E-state index in [0.29, 0.717) is 0 Å². The second-order valence-electron chi connectivity index (χ2n) is 3.67. The Morgan fingerprint density at radius 2 is 2.08 bits per heavy atom. The van der Waals surface area contributed by atoms with Crippen molar-refractivity contribution in [2.45, 2.75) is 37.6 Å². The number of aliphatic imine (C=N–C) groups is 1. The highest BCUT2D eigenvalue weighted by Crippen LogP contribution is 2.35. The zero-order valence-corrected chi connectivity index (χ0v) is 9.43. The Balaban J connectivity index is 2.20. The molecule has 1 aliphatic heterocycles. The van der Waals surface area contributed by atoms with E-state index in [9.17, 15) is 0 Å². The first-order valence-corrected chi connectivity index (χ1v) is 6.35. The van der Waals surface area contributed by atoms with Crippen LogP contribution in [-0.2, 0) is 0 Å². The van der Waals surface area contributed by atoms with Crippen molar-refractivity contribution in [3.8, 4) is 0 Å². The molecule has 0 amide bonds. The summed E-state index contributed by atoms with van der Waals surface area (Å²) < 4.78 is 0.